The van der Waals surface area contributed by atoms with Crippen LogP contribution in [0.3, 0.4) is 0 Å². The third kappa shape index (κ3) is 4.11. The average Bonchev–Trinajstić information content (AvgIpc) is 2.80. The molecule has 3 nitrogen and oxygen atoms in total. The molecule has 1 saturated heterocycles. The van der Waals surface area contributed by atoms with Gasteiger partial charge in [-0.15, -0.1) is 0 Å². The molecule has 0 aliphatic carbocycles. The third-order valence-corrected chi connectivity index (χ3v) is 1.72. The normalized spacial score (nSPS) is 21.7. The van der Waals surface area contributed by atoms with E-state index in [1.54, 1.807) is 0 Å². The maximum atomic E-state index is 11.0. The van der Waals surface area contributed by atoms with Gasteiger partial charge < -0.3 is 10.1 Å². The van der Waals surface area contributed by atoms with Gasteiger partial charge in [0, 0.05) is 6.42 Å². The van der Waals surface area contributed by atoms with E-state index in [4.69, 9.17) is 4.74 Å². The van der Waals surface area contributed by atoms with Crippen LogP contribution < -0.4 is 5.32 Å². The van der Waals surface area contributed by atoms with E-state index in [2.05, 4.69) is 5.32 Å². The van der Waals surface area contributed by atoms with Gasteiger partial charge in [0.05, 0.1) is 19.3 Å². The van der Waals surface area contributed by atoms with Gasteiger partial charge in [0.15, 0.2) is 0 Å². The molecular weight excluding hydrogens is 142 g/mol. The van der Waals surface area contributed by atoms with Gasteiger partial charge in [-0.1, -0.05) is 6.92 Å². The molecule has 0 radical (unpaired) electrons. The maximum Gasteiger partial charge on any atom is 0.146 e. The van der Waals surface area contributed by atoms with Crippen molar-refractivity contribution in [1.82, 2.24) is 5.32 Å². The van der Waals surface area contributed by atoms with E-state index in [1.165, 1.54) is 0 Å². The van der Waals surface area contributed by atoms with Gasteiger partial charge in [0.25, 0.3) is 0 Å². The van der Waals surface area contributed by atoms with E-state index in [1.807, 2.05) is 6.92 Å². The molecule has 1 unspecified atom stereocenters. The molecule has 0 bridgehead atoms. The number of hydrogen-bond donors (Lipinski definition) is 1. The van der Waals surface area contributed by atoms with E-state index in [0.717, 1.165) is 19.6 Å². The maximum absolute atomic E-state index is 11.0. The van der Waals surface area contributed by atoms with Crippen molar-refractivity contribution < 1.29 is 9.53 Å². The summed E-state index contributed by atoms with van der Waals surface area (Å²) in [6.07, 6.45) is 1.96. The second kappa shape index (κ2) is 4.46. The Hall–Kier alpha value is -0.410. The van der Waals surface area contributed by atoms with Crippen molar-refractivity contribution in [2.24, 2.45) is 0 Å². The molecule has 1 heterocycles. The first-order chi connectivity index (χ1) is 5.33. The van der Waals surface area contributed by atoms with E-state index in [9.17, 15) is 4.79 Å². The fourth-order valence-corrected chi connectivity index (χ4v) is 0.909. The minimum absolute atomic E-state index is 0.294. The number of carbonyl (C=O) groups is 1. The fourth-order valence-electron chi connectivity index (χ4n) is 0.909. The Bertz CT molecular complexity index is 132. The van der Waals surface area contributed by atoms with Crippen LogP contribution in [0.15, 0.2) is 0 Å². The van der Waals surface area contributed by atoms with Crippen LogP contribution in [0.2, 0.25) is 0 Å². The lowest BCUT2D eigenvalue weighted by molar-refractivity contribution is -0.118. The molecule has 1 fully saturated rings. The molecule has 1 rings (SSSR count). The number of ether oxygens (including phenoxy) is 1. The number of likely N-dealkylation sites (N-methyl/N-ethyl adjacent to an activating group) is 1. The van der Waals surface area contributed by atoms with E-state index in [-0.39, 0.29) is 0 Å². The van der Waals surface area contributed by atoms with Crippen molar-refractivity contribution in [1.29, 1.82) is 0 Å². The highest BCUT2D eigenvalue weighted by Gasteiger charge is 2.22. The summed E-state index contributed by atoms with van der Waals surface area (Å²) >= 11 is 0. The number of nitrogens with one attached hydrogen (secondary N) is 1. The molecule has 64 valence electrons. The molecule has 1 atom stereocenters. The first-order valence-corrected chi connectivity index (χ1v) is 4.17. The van der Waals surface area contributed by atoms with Crippen molar-refractivity contribution >= 4 is 5.78 Å². The topological polar surface area (TPSA) is 41.6 Å². The predicted molar refractivity (Wildman–Crippen MR) is 42.5 cm³/mol. The van der Waals surface area contributed by atoms with Crippen LogP contribution in [0.25, 0.3) is 0 Å². The molecule has 0 amide bonds. The zero-order valence-corrected chi connectivity index (χ0v) is 6.93. The van der Waals surface area contributed by atoms with Gasteiger partial charge in [-0.05, 0) is 13.0 Å². The summed E-state index contributed by atoms with van der Waals surface area (Å²) in [5, 5.41) is 3.00. The zero-order valence-electron chi connectivity index (χ0n) is 6.93. The van der Waals surface area contributed by atoms with Crippen molar-refractivity contribution in [2.45, 2.75) is 25.9 Å². The Morgan fingerprint density at radius 1 is 1.73 bits per heavy atom. The third-order valence-electron chi connectivity index (χ3n) is 1.72. The molecular formula is C8H15NO2. The van der Waals surface area contributed by atoms with E-state index < -0.39 is 0 Å². The second-order valence-corrected chi connectivity index (χ2v) is 2.81. The Morgan fingerprint density at radius 3 is 3.00 bits per heavy atom. The number of Topliss-reactive ketones (excluding diaryl/α,β-unsaturated/α-hetero) is 1. The number of epoxide rings is 1. The van der Waals surface area contributed by atoms with Gasteiger partial charge in [0.2, 0.25) is 0 Å². The number of ketones is 1. The van der Waals surface area contributed by atoms with Crippen molar-refractivity contribution in [3.63, 3.8) is 0 Å². The van der Waals surface area contributed by atoms with Gasteiger partial charge in [-0.3, -0.25) is 4.79 Å². The fraction of sp³-hybridized carbons (Fsp3) is 0.875. The van der Waals surface area contributed by atoms with Crippen LogP contribution in [0, 0.1) is 0 Å². The van der Waals surface area contributed by atoms with Crippen LogP contribution in [0.4, 0.5) is 0 Å². The van der Waals surface area contributed by atoms with Gasteiger partial charge in [-0.2, -0.15) is 0 Å². The minimum atomic E-state index is 0.294. The summed E-state index contributed by atoms with van der Waals surface area (Å²) in [6.45, 7) is 4.24. The summed E-state index contributed by atoms with van der Waals surface area (Å²) in [7, 11) is 0. The quantitative estimate of drug-likeness (QED) is 0.565. The number of carbonyl (C=O) groups excluding carboxylic acids is 1. The first-order valence-electron chi connectivity index (χ1n) is 4.17. The predicted octanol–water partition coefficient (Wildman–Crippen LogP) is 0.344. The van der Waals surface area contributed by atoms with Crippen molar-refractivity contribution in [3.05, 3.63) is 0 Å². The highest BCUT2D eigenvalue weighted by Crippen LogP contribution is 2.14. The smallest absolute Gasteiger partial charge is 0.146 e. The zero-order chi connectivity index (χ0) is 8.10. The molecule has 3 heteroatoms. The Kier molecular flexibility index (Phi) is 3.52. The van der Waals surface area contributed by atoms with Gasteiger partial charge >= 0.3 is 0 Å². The summed E-state index contributed by atoms with van der Waals surface area (Å²) in [6, 6.07) is 0. The summed E-state index contributed by atoms with van der Waals surface area (Å²) in [5.41, 5.74) is 0. The Balaban J connectivity index is 1.91. The second-order valence-electron chi connectivity index (χ2n) is 2.81. The molecule has 0 aromatic rings. The van der Waals surface area contributed by atoms with Crippen molar-refractivity contribution in [2.75, 3.05) is 19.7 Å². The lowest BCUT2D eigenvalue weighted by Crippen LogP contribution is -2.22. The SMILES string of the molecule is CCNCC(=O)CCC1CO1. The van der Waals surface area contributed by atoms with Crippen LogP contribution in [0.5, 0.6) is 0 Å². The van der Waals surface area contributed by atoms with Crippen LogP contribution in [0.1, 0.15) is 19.8 Å². The number of rotatable bonds is 6. The molecule has 11 heavy (non-hydrogen) atoms. The van der Waals surface area contributed by atoms with Crippen molar-refractivity contribution in [3.8, 4) is 0 Å². The molecule has 1 N–H and O–H groups in total. The monoisotopic (exact) mass is 157 g/mol. The lowest BCUT2D eigenvalue weighted by atomic mass is 10.2. The molecule has 0 spiro atoms. The Labute approximate surface area is 67.1 Å². The largest absolute Gasteiger partial charge is 0.373 e. The lowest BCUT2D eigenvalue weighted by Gasteiger charge is -1.98. The molecule has 0 saturated carbocycles. The van der Waals surface area contributed by atoms with Crippen LogP contribution in [-0.4, -0.2) is 31.6 Å². The highest BCUT2D eigenvalue weighted by molar-refractivity contribution is 5.80. The summed E-state index contributed by atoms with van der Waals surface area (Å²) < 4.78 is 4.99. The summed E-state index contributed by atoms with van der Waals surface area (Å²) in [5.74, 6) is 0.294. The molecule has 0 aromatic heterocycles. The molecule has 1 aliphatic rings. The van der Waals surface area contributed by atoms with E-state index >= 15 is 0 Å². The van der Waals surface area contributed by atoms with Gasteiger partial charge in [-0.25, -0.2) is 0 Å². The van der Waals surface area contributed by atoms with Crippen LogP contribution in [-0.2, 0) is 9.53 Å². The van der Waals surface area contributed by atoms with Gasteiger partial charge in [0.1, 0.15) is 5.78 Å². The van der Waals surface area contributed by atoms with E-state index in [0.29, 0.717) is 24.9 Å². The standard InChI is InChI=1S/C8H15NO2/c1-2-9-5-7(10)3-4-8-6-11-8/h8-9H,2-6H2,1H3. The molecule has 1 aliphatic heterocycles. The highest BCUT2D eigenvalue weighted by atomic mass is 16.6. The Morgan fingerprint density at radius 2 is 2.45 bits per heavy atom. The first kappa shape index (κ1) is 8.68. The molecule has 0 aromatic carbocycles. The minimum Gasteiger partial charge on any atom is -0.373 e. The number of hydrogen-bond acceptors (Lipinski definition) is 3. The summed E-state index contributed by atoms with van der Waals surface area (Å²) in [4.78, 5) is 11.0. The van der Waals surface area contributed by atoms with Crippen LogP contribution >= 0.6 is 0 Å². The average molecular weight is 157 g/mol.